The normalized spacial score (nSPS) is 25.8. The van der Waals surface area contributed by atoms with Gasteiger partial charge in [0.2, 0.25) is 0 Å². The highest BCUT2D eigenvalue weighted by Gasteiger charge is 2.50. The van der Waals surface area contributed by atoms with Crippen molar-refractivity contribution in [3.63, 3.8) is 0 Å². The summed E-state index contributed by atoms with van der Waals surface area (Å²) in [6.45, 7) is 12.5. The smallest absolute Gasteiger partial charge is 0.308 e. The SMILES string of the molecule is CC(COCCC1=CCC2CC1C2(C)C)OCCOC(=O)C(C)C. The second-order valence-electron chi connectivity index (χ2n) is 8.15. The first-order chi connectivity index (χ1) is 11.3. The average molecular weight is 338 g/mol. The van der Waals surface area contributed by atoms with Crippen molar-refractivity contribution in [2.45, 2.75) is 60.0 Å². The minimum Gasteiger partial charge on any atom is -0.463 e. The Morgan fingerprint density at radius 1 is 1.25 bits per heavy atom. The van der Waals surface area contributed by atoms with Gasteiger partial charge in [-0.25, -0.2) is 0 Å². The van der Waals surface area contributed by atoms with Crippen molar-refractivity contribution in [1.82, 2.24) is 0 Å². The van der Waals surface area contributed by atoms with Crippen molar-refractivity contribution in [2.24, 2.45) is 23.2 Å². The first-order valence-electron chi connectivity index (χ1n) is 9.37. The molecule has 1 fully saturated rings. The Labute approximate surface area is 146 Å². The first kappa shape index (κ1) is 19.5. The number of allylic oxidation sites excluding steroid dienone is 1. The number of carbonyl (C=O) groups is 1. The maximum atomic E-state index is 11.3. The molecule has 138 valence electrons. The molecule has 0 saturated heterocycles. The average Bonchev–Trinajstić information content (AvgIpc) is 2.55. The predicted octanol–water partition coefficient (Wildman–Crippen LogP) is 3.99. The van der Waals surface area contributed by atoms with E-state index in [1.165, 1.54) is 12.8 Å². The van der Waals surface area contributed by atoms with Crippen molar-refractivity contribution >= 4 is 5.97 Å². The molecule has 0 aromatic heterocycles. The van der Waals surface area contributed by atoms with E-state index < -0.39 is 0 Å². The summed E-state index contributed by atoms with van der Waals surface area (Å²) in [5, 5.41) is 0. The fraction of sp³-hybridized carbons (Fsp3) is 0.850. The van der Waals surface area contributed by atoms with Gasteiger partial charge in [0.15, 0.2) is 0 Å². The Morgan fingerprint density at radius 2 is 2.00 bits per heavy atom. The lowest BCUT2D eigenvalue weighted by Gasteiger charge is -2.56. The molecule has 0 N–H and O–H groups in total. The molecule has 0 aromatic rings. The Bertz CT molecular complexity index is 453. The molecule has 0 amide bonds. The molecule has 4 nitrogen and oxygen atoms in total. The number of carbonyl (C=O) groups excluding carboxylic acids is 1. The lowest BCUT2D eigenvalue weighted by atomic mass is 9.48. The second-order valence-corrected chi connectivity index (χ2v) is 8.15. The number of fused-ring (bicyclic) bond motifs is 1. The number of rotatable bonds is 10. The van der Waals surface area contributed by atoms with Gasteiger partial charge in [-0.05, 0) is 43.4 Å². The van der Waals surface area contributed by atoms with Gasteiger partial charge in [0.1, 0.15) is 6.61 Å². The summed E-state index contributed by atoms with van der Waals surface area (Å²) >= 11 is 0. The van der Waals surface area contributed by atoms with Gasteiger partial charge in [0.05, 0.1) is 31.8 Å². The van der Waals surface area contributed by atoms with Crippen LogP contribution in [0.4, 0.5) is 0 Å². The summed E-state index contributed by atoms with van der Waals surface area (Å²) in [4.78, 5) is 11.3. The highest BCUT2D eigenvalue weighted by Crippen LogP contribution is 2.59. The van der Waals surface area contributed by atoms with Crippen molar-refractivity contribution in [3.8, 4) is 0 Å². The number of ether oxygens (including phenoxy) is 3. The van der Waals surface area contributed by atoms with Crippen LogP contribution < -0.4 is 0 Å². The van der Waals surface area contributed by atoms with E-state index in [1.807, 2.05) is 20.8 Å². The standard InChI is InChI=1S/C20H34O4/c1-14(2)19(21)24-11-10-23-15(3)13-22-9-8-16-6-7-17-12-18(16)20(17,4)5/h6,14-15,17-18H,7-13H2,1-5H3. The summed E-state index contributed by atoms with van der Waals surface area (Å²) < 4.78 is 16.5. The summed E-state index contributed by atoms with van der Waals surface area (Å²) in [5.74, 6) is 1.40. The molecule has 0 aromatic carbocycles. The highest BCUT2D eigenvalue weighted by atomic mass is 16.6. The van der Waals surface area contributed by atoms with Crippen LogP contribution in [0.25, 0.3) is 0 Å². The second kappa shape index (κ2) is 8.48. The summed E-state index contributed by atoms with van der Waals surface area (Å²) in [6.07, 6.45) is 6.12. The minimum atomic E-state index is -0.176. The van der Waals surface area contributed by atoms with Crippen molar-refractivity contribution < 1.29 is 19.0 Å². The van der Waals surface area contributed by atoms with Gasteiger partial charge in [-0.2, -0.15) is 0 Å². The molecule has 3 aliphatic carbocycles. The molecule has 1 saturated carbocycles. The van der Waals surface area contributed by atoms with E-state index in [4.69, 9.17) is 14.2 Å². The number of esters is 1. The zero-order valence-electron chi connectivity index (χ0n) is 16.0. The minimum absolute atomic E-state index is 0.0209. The monoisotopic (exact) mass is 338 g/mol. The molecule has 0 aliphatic heterocycles. The van der Waals surface area contributed by atoms with Gasteiger partial charge in [-0.3, -0.25) is 4.79 Å². The predicted molar refractivity (Wildman–Crippen MR) is 94.7 cm³/mol. The zero-order chi connectivity index (χ0) is 17.7. The molecule has 3 rings (SSSR count). The molecule has 3 aliphatic rings. The van der Waals surface area contributed by atoms with E-state index in [9.17, 15) is 4.79 Å². The van der Waals surface area contributed by atoms with Crippen LogP contribution in [-0.2, 0) is 19.0 Å². The van der Waals surface area contributed by atoms with Crippen LogP contribution in [-0.4, -0.2) is 38.5 Å². The van der Waals surface area contributed by atoms with Crippen molar-refractivity contribution in [3.05, 3.63) is 11.6 Å². The molecule has 3 atom stereocenters. The van der Waals surface area contributed by atoms with E-state index in [1.54, 1.807) is 5.57 Å². The van der Waals surface area contributed by atoms with E-state index in [0.29, 0.717) is 25.2 Å². The molecule has 24 heavy (non-hydrogen) atoms. The Kier molecular flexibility index (Phi) is 6.88. The Balaban J connectivity index is 1.52. The van der Waals surface area contributed by atoms with E-state index in [0.717, 1.165) is 24.9 Å². The van der Waals surface area contributed by atoms with Crippen LogP contribution in [0.3, 0.4) is 0 Å². The maximum Gasteiger partial charge on any atom is 0.308 e. The van der Waals surface area contributed by atoms with Crippen molar-refractivity contribution in [2.75, 3.05) is 26.4 Å². The third kappa shape index (κ3) is 4.82. The highest BCUT2D eigenvalue weighted by molar-refractivity contribution is 5.71. The van der Waals surface area contributed by atoms with Crippen LogP contribution in [0, 0.1) is 23.2 Å². The molecule has 4 heteroatoms. The summed E-state index contributed by atoms with van der Waals surface area (Å²) in [5.41, 5.74) is 2.09. The van der Waals surface area contributed by atoms with Gasteiger partial charge < -0.3 is 14.2 Å². The van der Waals surface area contributed by atoms with Crippen LogP contribution >= 0.6 is 0 Å². The lowest BCUT2D eigenvalue weighted by Crippen LogP contribution is -2.48. The molecule has 2 bridgehead atoms. The topological polar surface area (TPSA) is 44.8 Å². The van der Waals surface area contributed by atoms with Gasteiger partial charge in [-0.15, -0.1) is 0 Å². The van der Waals surface area contributed by atoms with Crippen LogP contribution in [0.15, 0.2) is 11.6 Å². The molecule has 0 radical (unpaired) electrons. The van der Waals surface area contributed by atoms with Gasteiger partial charge in [0.25, 0.3) is 0 Å². The lowest BCUT2D eigenvalue weighted by molar-refractivity contribution is -0.149. The zero-order valence-corrected chi connectivity index (χ0v) is 16.0. The number of hydrogen-bond donors (Lipinski definition) is 0. The Morgan fingerprint density at radius 3 is 2.62 bits per heavy atom. The van der Waals surface area contributed by atoms with Gasteiger partial charge in [0, 0.05) is 0 Å². The van der Waals surface area contributed by atoms with Crippen LogP contribution in [0.1, 0.15) is 53.9 Å². The quantitative estimate of drug-likeness (QED) is 0.343. The van der Waals surface area contributed by atoms with E-state index in [2.05, 4.69) is 19.9 Å². The Hall–Kier alpha value is -0.870. The fourth-order valence-electron chi connectivity index (χ4n) is 3.80. The van der Waals surface area contributed by atoms with Crippen LogP contribution in [0.5, 0.6) is 0 Å². The summed E-state index contributed by atoms with van der Waals surface area (Å²) in [7, 11) is 0. The third-order valence-corrected chi connectivity index (χ3v) is 5.67. The van der Waals surface area contributed by atoms with Crippen molar-refractivity contribution in [1.29, 1.82) is 0 Å². The fourth-order valence-corrected chi connectivity index (χ4v) is 3.80. The molecular weight excluding hydrogens is 304 g/mol. The largest absolute Gasteiger partial charge is 0.463 e. The van der Waals surface area contributed by atoms with Gasteiger partial charge >= 0.3 is 5.97 Å². The van der Waals surface area contributed by atoms with E-state index >= 15 is 0 Å². The third-order valence-electron chi connectivity index (χ3n) is 5.67. The number of hydrogen-bond acceptors (Lipinski definition) is 4. The molecule has 3 unspecified atom stereocenters. The van der Waals surface area contributed by atoms with Gasteiger partial charge in [-0.1, -0.05) is 39.3 Å². The summed E-state index contributed by atoms with van der Waals surface area (Å²) in [6, 6.07) is 0. The maximum absolute atomic E-state index is 11.3. The molecule has 0 spiro atoms. The van der Waals surface area contributed by atoms with E-state index in [-0.39, 0.29) is 18.0 Å². The molecule has 0 heterocycles. The first-order valence-corrected chi connectivity index (χ1v) is 9.37. The van der Waals surface area contributed by atoms with Crippen LogP contribution in [0.2, 0.25) is 0 Å². The molecular formula is C20H34O4.